The van der Waals surface area contributed by atoms with Crippen LogP contribution in [-0.4, -0.2) is 47.3 Å². The van der Waals surface area contributed by atoms with Crippen molar-refractivity contribution in [2.45, 2.75) is 38.0 Å². The average Bonchev–Trinajstić information content (AvgIpc) is 2.63. The number of morpholine rings is 1. The van der Waals surface area contributed by atoms with Crippen LogP contribution in [0.1, 0.15) is 19.8 Å². The van der Waals surface area contributed by atoms with Gasteiger partial charge in [0.1, 0.15) is 6.04 Å². The molecule has 0 aliphatic carbocycles. The Morgan fingerprint density at radius 1 is 1.69 bits per heavy atom. The molecule has 0 amide bonds. The van der Waals surface area contributed by atoms with Crippen LogP contribution >= 0.6 is 0 Å². The number of likely N-dealkylation sites (tertiary alicyclic amines) is 1. The Morgan fingerprint density at radius 3 is 3.08 bits per heavy atom. The molecule has 2 bridgehead atoms. The molecule has 0 radical (unpaired) electrons. The van der Waals surface area contributed by atoms with Crippen molar-refractivity contribution in [3.63, 3.8) is 0 Å². The van der Waals surface area contributed by atoms with Crippen molar-refractivity contribution in [1.82, 2.24) is 4.90 Å². The second kappa shape index (κ2) is 3.27. The predicted molar refractivity (Wildman–Crippen MR) is 46.6 cm³/mol. The summed E-state index contributed by atoms with van der Waals surface area (Å²) in [5.74, 6) is -0.736. The van der Waals surface area contributed by atoms with Gasteiger partial charge in [0.25, 0.3) is 0 Å². The number of carboxylic acid groups (broad SMARTS) is 1. The molecule has 0 aromatic carbocycles. The van der Waals surface area contributed by atoms with Crippen molar-refractivity contribution in [3.05, 3.63) is 0 Å². The van der Waals surface area contributed by atoms with Gasteiger partial charge in [-0.05, 0) is 19.4 Å². The number of hydrogen-bond donors (Lipinski definition) is 1. The maximum atomic E-state index is 11.0. The second-order valence-electron chi connectivity index (χ2n) is 3.78. The molecule has 2 heterocycles. The molecule has 2 fully saturated rings. The molecule has 1 N–H and O–H groups in total. The Hall–Kier alpha value is -0.610. The number of hydrogen-bond acceptors (Lipinski definition) is 3. The molecular formula is C9H15NO3. The minimum Gasteiger partial charge on any atom is -0.480 e. The zero-order chi connectivity index (χ0) is 9.42. The largest absolute Gasteiger partial charge is 0.480 e. The van der Waals surface area contributed by atoms with Crippen molar-refractivity contribution in [3.8, 4) is 0 Å². The maximum Gasteiger partial charge on any atom is 0.323 e. The number of fused-ring (bicyclic) bond motifs is 2. The quantitative estimate of drug-likeness (QED) is 0.688. The van der Waals surface area contributed by atoms with Gasteiger partial charge in [0.15, 0.2) is 0 Å². The number of nitrogens with zero attached hydrogens (tertiary/aromatic N) is 1. The summed E-state index contributed by atoms with van der Waals surface area (Å²) in [5.41, 5.74) is 0. The molecule has 2 rings (SSSR count). The third kappa shape index (κ3) is 1.34. The van der Waals surface area contributed by atoms with Crippen molar-refractivity contribution in [1.29, 1.82) is 0 Å². The van der Waals surface area contributed by atoms with E-state index in [1.807, 2.05) is 0 Å². The lowest BCUT2D eigenvalue weighted by Crippen LogP contribution is -2.50. The third-order valence-electron chi connectivity index (χ3n) is 2.92. The van der Waals surface area contributed by atoms with Crippen LogP contribution in [0.3, 0.4) is 0 Å². The van der Waals surface area contributed by atoms with Crippen molar-refractivity contribution >= 4 is 5.97 Å². The van der Waals surface area contributed by atoms with Gasteiger partial charge >= 0.3 is 5.97 Å². The first-order valence-corrected chi connectivity index (χ1v) is 4.84. The minimum atomic E-state index is -0.736. The van der Waals surface area contributed by atoms with Crippen LogP contribution in [0, 0.1) is 0 Å². The third-order valence-corrected chi connectivity index (χ3v) is 2.92. The van der Waals surface area contributed by atoms with Crippen LogP contribution in [0.5, 0.6) is 0 Å². The first-order chi connectivity index (χ1) is 6.24. The van der Waals surface area contributed by atoms with Gasteiger partial charge in [-0.15, -0.1) is 0 Å². The van der Waals surface area contributed by atoms with E-state index in [1.165, 1.54) is 0 Å². The SMILES string of the molecule is CCCN1C2COC(C2)C1C(=O)O. The lowest BCUT2D eigenvalue weighted by Gasteiger charge is -2.31. The molecule has 4 nitrogen and oxygen atoms in total. The highest BCUT2D eigenvalue weighted by Crippen LogP contribution is 2.33. The summed E-state index contributed by atoms with van der Waals surface area (Å²) in [5, 5.41) is 9.01. The van der Waals surface area contributed by atoms with E-state index < -0.39 is 12.0 Å². The summed E-state index contributed by atoms with van der Waals surface area (Å²) >= 11 is 0. The van der Waals surface area contributed by atoms with Crippen LogP contribution in [-0.2, 0) is 9.53 Å². The van der Waals surface area contributed by atoms with Gasteiger partial charge in [-0.25, -0.2) is 0 Å². The van der Waals surface area contributed by atoms with E-state index in [2.05, 4.69) is 11.8 Å². The molecule has 4 heteroatoms. The highest BCUT2D eigenvalue weighted by atomic mass is 16.5. The summed E-state index contributed by atoms with van der Waals surface area (Å²) in [6.07, 6.45) is 1.85. The van der Waals surface area contributed by atoms with E-state index in [1.54, 1.807) is 0 Å². The first-order valence-electron chi connectivity index (χ1n) is 4.84. The Labute approximate surface area is 77.5 Å². The number of rotatable bonds is 3. The zero-order valence-electron chi connectivity index (χ0n) is 7.77. The smallest absolute Gasteiger partial charge is 0.323 e. The van der Waals surface area contributed by atoms with E-state index in [4.69, 9.17) is 9.84 Å². The van der Waals surface area contributed by atoms with Crippen molar-refractivity contribution in [2.75, 3.05) is 13.2 Å². The molecule has 13 heavy (non-hydrogen) atoms. The van der Waals surface area contributed by atoms with Crippen LogP contribution in [0.15, 0.2) is 0 Å². The first kappa shape index (κ1) is 8.97. The van der Waals surface area contributed by atoms with E-state index in [-0.39, 0.29) is 6.10 Å². The van der Waals surface area contributed by atoms with Crippen LogP contribution in [0.4, 0.5) is 0 Å². The Kier molecular flexibility index (Phi) is 2.26. The van der Waals surface area contributed by atoms with Gasteiger partial charge in [0.2, 0.25) is 0 Å². The normalized spacial score (nSPS) is 38.4. The van der Waals surface area contributed by atoms with Crippen LogP contribution in [0.2, 0.25) is 0 Å². The van der Waals surface area contributed by atoms with Gasteiger partial charge in [-0.2, -0.15) is 0 Å². The lowest BCUT2D eigenvalue weighted by molar-refractivity contribution is -0.150. The summed E-state index contributed by atoms with van der Waals surface area (Å²) in [6, 6.07) is -0.0373. The number of carbonyl (C=O) groups is 1. The van der Waals surface area contributed by atoms with Crippen LogP contribution in [0.25, 0.3) is 0 Å². The Balaban J connectivity index is 2.10. The molecule has 0 spiro atoms. The summed E-state index contributed by atoms with van der Waals surface area (Å²) in [4.78, 5) is 13.0. The lowest BCUT2D eigenvalue weighted by atomic mass is 10.2. The molecule has 0 aromatic heterocycles. The molecule has 2 aliphatic heterocycles. The zero-order valence-corrected chi connectivity index (χ0v) is 7.77. The summed E-state index contributed by atoms with van der Waals surface area (Å²) < 4.78 is 5.38. The molecule has 0 aromatic rings. The van der Waals surface area contributed by atoms with Crippen molar-refractivity contribution in [2.24, 2.45) is 0 Å². The number of aliphatic carboxylic acids is 1. The second-order valence-corrected chi connectivity index (χ2v) is 3.78. The van der Waals surface area contributed by atoms with E-state index >= 15 is 0 Å². The Bertz CT molecular complexity index is 219. The topological polar surface area (TPSA) is 49.8 Å². The fraction of sp³-hybridized carbons (Fsp3) is 0.889. The van der Waals surface area contributed by atoms with E-state index in [9.17, 15) is 4.79 Å². The molecule has 3 unspecified atom stereocenters. The van der Waals surface area contributed by atoms with Gasteiger partial charge in [0.05, 0.1) is 12.7 Å². The Morgan fingerprint density at radius 2 is 2.46 bits per heavy atom. The molecule has 2 saturated heterocycles. The van der Waals surface area contributed by atoms with E-state index in [0.29, 0.717) is 12.6 Å². The average molecular weight is 185 g/mol. The molecule has 2 aliphatic rings. The highest BCUT2D eigenvalue weighted by molar-refractivity contribution is 5.75. The van der Waals surface area contributed by atoms with Gasteiger partial charge in [-0.3, -0.25) is 9.69 Å². The van der Waals surface area contributed by atoms with Crippen molar-refractivity contribution < 1.29 is 14.6 Å². The molecule has 74 valence electrons. The maximum absolute atomic E-state index is 11.0. The number of ether oxygens (including phenoxy) is 1. The standard InChI is InChI=1S/C9H15NO3/c1-2-3-10-6-4-7(13-5-6)8(10)9(11)12/h6-8H,2-5H2,1H3,(H,11,12). The van der Waals surface area contributed by atoms with Crippen LogP contribution < -0.4 is 0 Å². The molecule has 3 atom stereocenters. The fourth-order valence-corrected chi connectivity index (χ4v) is 2.41. The molecule has 0 saturated carbocycles. The van der Waals surface area contributed by atoms with Gasteiger partial charge in [-0.1, -0.05) is 6.92 Å². The number of carboxylic acids is 1. The fourth-order valence-electron chi connectivity index (χ4n) is 2.41. The molecular weight excluding hydrogens is 170 g/mol. The van der Waals surface area contributed by atoms with Gasteiger partial charge < -0.3 is 9.84 Å². The summed E-state index contributed by atoms with van der Waals surface area (Å²) in [7, 11) is 0. The summed E-state index contributed by atoms with van der Waals surface area (Å²) in [6.45, 7) is 3.67. The van der Waals surface area contributed by atoms with Gasteiger partial charge in [0, 0.05) is 6.04 Å². The minimum absolute atomic E-state index is 0.0611. The van der Waals surface area contributed by atoms with E-state index in [0.717, 1.165) is 19.4 Å². The predicted octanol–water partition coefficient (Wildman–Crippen LogP) is 0.323. The highest BCUT2D eigenvalue weighted by Gasteiger charge is 2.50. The monoisotopic (exact) mass is 185 g/mol.